The van der Waals surface area contributed by atoms with E-state index in [2.05, 4.69) is 5.32 Å². The molecule has 1 heterocycles. The first-order chi connectivity index (χ1) is 15.8. The highest BCUT2D eigenvalue weighted by Gasteiger charge is 2.51. The Morgan fingerprint density at radius 2 is 1.64 bits per heavy atom. The minimum Gasteiger partial charge on any atom is -0.454 e. The first kappa shape index (κ1) is 21.5. The van der Waals surface area contributed by atoms with Gasteiger partial charge in [-0.3, -0.25) is 4.79 Å². The standard InChI is InChI=1S/C25H24N2O5S/c1-27(2)33(29,30)21-9-6-17(7-10-21)18-4-3-5-20(14-18)26-24(28)25(12-13-25)19-8-11-22-23(15-19)32-16-31-22/h3-11,14-15H,12-13,16H2,1-2H3,(H,26,28). The van der Waals surface area contributed by atoms with Gasteiger partial charge < -0.3 is 14.8 Å². The van der Waals surface area contributed by atoms with E-state index in [0.717, 1.165) is 29.5 Å². The van der Waals surface area contributed by atoms with Gasteiger partial charge in [0.2, 0.25) is 22.7 Å². The summed E-state index contributed by atoms with van der Waals surface area (Å²) in [7, 11) is -0.469. The van der Waals surface area contributed by atoms with Gasteiger partial charge in [-0.25, -0.2) is 12.7 Å². The molecule has 1 saturated carbocycles. The quantitative estimate of drug-likeness (QED) is 0.596. The van der Waals surface area contributed by atoms with Crippen LogP contribution in [-0.4, -0.2) is 39.5 Å². The predicted molar refractivity (Wildman–Crippen MR) is 125 cm³/mol. The van der Waals surface area contributed by atoms with Crippen molar-refractivity contribution in [3.8, 4) is 22.6 Å². The maximum absolute atomic E-state index is 13.2. The first-order valence-corrected chi connectivity index (χ1v) is 12.1. The van der Waals surface area contributed by atoms with Crippen molar-refractivity contribution in [2.75, 3.05) is 26.2 Å². The summed E-state index contributed by atoms with van der Waals surface area (Å²) >= 11 is 0. The third kappa shape index (κ3) is 3.85. The molecule has 7 nitrogen and oxygen atoms in total. The molecule has 1 aliphatic heterocycles. The van der Waals surface area contributed by atoms with Crippen molar-refractivity contribution in [3.05, 3.63) is 72.3 Å². The normalized spacial score (nSPS) is 16.0. The fourth-order valence-electron chi connectivity index (χ4n) is 4.02. The van der Waals surface area contributed by atoms with Gasteiger partial charge in [0.05, 0.1) is 10.3 Å². The fraction of sp³-hybridized carbons (Fsp3) is 0.240. The molecule has 2 aliphatic rings. The summed E-state index contributed by atoms with van der Waals surface area (Å²) in [5.41, 5.74) is 2.81. The van der Waals surface area contributed by atoms with Crippen molar-refractivity contribution >= 4 is 21.6 Å². The molecule has 0 atom stereocenters. The molecule has 1 N–H and O–H groups in total. The second kappa shape index (κ2) is 7.90. The highest BCUT2D eigenvalue weighted by molar-refractivity contribution is 7.89. The van der Waals surface area contributed by atoms with E-state index < -0.39 is 15.4 Å². The SMILES string of the molecule is CN(C)S(=O)(=O)c1ccc(-c2cccc(NC(=O)C3(c4ccc5c(c4)OCO5)CC3)c2)cc1. The fourth-order valence-corrected chi connectivity index (χ4v) is 4.93. The smallest absolute Gasteiger partial charge is 0.242 e. The Labute approximate surface area is 193 Å². The minimum atomic E-state index is -3.48. The Kier molecular flexibility index (Phi) is 5.14. The van der Waals surface area contributed by atoms with Gasteiger partial charge in [-0.2, -0.15) is 0 Å². The van der Waals surface area contributed by atoms with Crippen LogP contribution in [-0.2, 0) is 20.2 Å². The molecule has 0 aromatic heterocycles. The van der Waals surface area contributed by atoms with Crippen molar-refractivity contribution < 1.29 is 22.7 Å². The van der Waals surface area contributed by atoms with Crippen LogP contribution in [0.15, 0.2) is 71.6 Å². The molecular weight excluding hydrogens is 440 g/mol. The number of sulfonamides is 1. The van der Waals surface area contributed by atoms with Crippen molar-refractivity contribution in [3.63, 3.8) is 0 Å². The summed E-state index contributed by atoms with van der Waals surface area (Å²) in [5, 5.41) is 3.06. The molecule has 1 aliphatic carbocycles. The third-order valence-electron chi connectivity index (χ3n) is 6.20. The van der Waals surface area contributed by atoms with Crippen molar-refractivity contribution in [2.45, 2.75) is 23.2 Å². The lowest BCUT2D eigenvalue weighted by Gasteiger charge is -2.17. The van der Waals surface area contributed by atoms with Crippen molar-refractivity contribution in [1.82, 2.24) is 4.31 Å². The number of benzene rings is 3. The number of hydrogen-bond donors (Lipinski definition) is 1. The van der Waals surface area contributed by atoms with Gasteiger partial charge in [0.1, 0.15) is 0 Å². The van der Waals surface area contributed by atoms with Gasteiger partial charge in [0.25, 0.3) is 0 Å². The summed E-state index contributed by atoms with van der Waals surface area (Å²) in [6.45, 7) is 0.201. The van der Waals surface area contributed by atoms with E-state index in [1.807, 2.05) is 42.5 Å². The molecule has 8 heteroatoms. The van der Waals surface area contributed by atoms with E-state index in [4.69, 9.17) is 9.47 Å². The monoisotopic (exact) mass is 464 g/mol. The summed E-state index contributed by atoms with van der Waals surface area (Å²) in [4.78, 5) is 13.4. The lowest BCUT2D eigenvalue weighted by atomic mass is 9.94. The molecule has 170 valence electrons. The lowest BCUT2D eigenvalue weighted by Crippen LogP contribution is -2.27. The van der Waals surface area contributed by atoms with Gasteiger partial charge >= 0.3 is 0 Å². The van der Waals surface area contributed by atoms with E-state index in [0.29, 0.717) is 17.2 Å². The highest BCUT2D eigenvalue weighted by atomic mass is 32.2. The van der Waals surface area contributed by atoms with E-state index in [1.165, 1.54) is 18.4 Å². The van der Waals surface area contributed by atoms with Crippen LogP contribution in [0.4, 0.5) is 5.69 Å². The van der Waals surface area contributed by atoms with Crippen LogP contribution in [0.5, 0.6) is 11.5 Å². The molecule has 0 unspecified atom stereocenters. The van der Waals surface area contributed by atoms with Crippen LogP contribution in [0.3, 0.4) is 0 Å². The van der Waals surface area contributed by atoms with E-state index in [1.54, 1.807) is 24.3 Å². The number of hydrogen-bond acceptors (Lipinski definition) is 5. The molecular formula is C25H24N2O5S. The number of rotatable bonds is 6. The van der Waals surface area contributed by atoms with E-state index in [9.17, 15) is 13.2 Å². The Bertz CT molecular complexity index is 1330. The summed E-state index contributed by atoms with van der Waals surface area (Å²) in [6, 6.07) is 19.9. The highest BCUT2D eigenvalue weighted by Crippen LogP contribution is 2.51. The molecule has 0 bridgehead atoms. The maximum Gasteiger partial charge on any atom is 0.242 e. The Hall–Kier alpha value is -3.36. The van der Waals surface area contributed by atoms with Crippen LogP contribution in [0.2, 0.25) is 0 Å². The van der Waals surface area contributed by atoms with Gasteiger partial charge in [-0.05, 0) is 65.9 Å². The summed E-state index contributed by atoms with van der Waals surface area (Å²) in [6.07, 6.45) is 1.56. The van der Waals surface area contributed by atoms with E-state index in [-0.39, 0.29) is 17.6 Å². The van der Waals surface area contributed by atoms with Gasteiger partial charge in [-0.1, -0.05) is 30.3 Å². The Balaban J connectivity index is 1.35. The molecule has 0 radical (unpaired) electrons. The number of nitrogens with one attached hydrogen (secondary N) is 1. The van der Waals surface area contributed by atoms with Gasteiger partial charge in [-0.15, -0.1) is 0 Å². The largest absolute Gasteiger partial charge is 0.454 e. The van der Waals surface area contributed by atoms with Crippen LogP contribution >= 0.6 is 0 Å². The number of amides is 1. The number of ether oxygens (including phenoxy) is 2. The zero-order chi connectivity index (χ0) is 23.2. The van der Waals surface area contributed by atoms with E-state index >= 15 is 0 Å². The third-order valence-corrected chi connectivity index (χ3v) is 8.03. The molecule has 0 spiro atoms. The number of carbonyl (C=O) groups is 1. The van der Waals surface area contributed by atoms with Crippen molar-refractivity contribution in [2.24, 2.45) is 0 Å². The molecule has 33 heavy (non-hydrogen) atoms. The molecule has 5 rings (SSSR count). The Morgan fingerprint density at radius 1 is 0.909 bits per heavy atom. The minimum absolute atomic E-state index is 0.0501. The zero-order valence-corrected chi connectivity index (χ0v) is 19.2. The maximum atomic E-state index is 13.2. The first-order valence-electron chi connectivity index (χ1n) is 10.6. The number of fused-ring (bicyclic) bond motifs is 1. The topological polar surface area (TPSA) is 84.9 Å². The molecule has 3 aromatic rings. The van der Waals surface area contributed by atoms with Crippen LogP contribution in [0, 0.1) is 0 Å². The molecule has 3 aromatic carbocycles. The number of anilines is 1. The van der Waals surface area contributed by atoms with Gasteiger partial charge in [0, 0.05) is 19.8 Å². The van der Waals surface area contributed by atoms with Crippen molar-refractivity contribution in [1.29, 1.82) is 0 Å². The second-order valence-corrected chi connectivity index (χ2v) is 10.6. The second-order valence-electron chi connectivity index (χ2n) is 8.50. The predicted octanol–water partition coefficient (Wildman–Crippen LogP) is 4.00. The summed E-state index contributed by atoms with van der Waals surface area (Å²) < 4.78 is 36.6. The molecule has 1 amide bonds. The number of nitrogens with zero attached hydrogens (tertiary/aromatic N) is 1. The van der Waals surface area contributed by atoms with Crippen LogP contribution < -0.4 is 14.8 Å². The number of carbonyl (C=O) groups excluding carboxylic acids is 1. The van der Waals surface area contributed by atoms with Gasteiger partial charge in [0.15, 0.2) is 11.5 Å². The summed E-state index contributed by atoms with van der Waals surface area (Å²) in [5.74, 6) is 1.33. The Morgan fingerprint density at radius 3 is 2.33 bits per heavy atom. The average Bonchev–Trinajstić information content (AvgIpc) is 3.50. The lowest BCUT2D eigenvalue weighted by molar-refractivity contribution is -0.118. The van der Waals surface area contributed by atoms with Crippen LogP contribution in [0.1, 0.15) is 18.4 Å². The zero-order valence-electron chi connectivity index (χ0n) is 18.4. The average molecular weight is 465 g/mol. The van der Waals surface area contributed by atoms with Crippen LogP contribution in [0.25, 0.3) is 11.1 Å². The molecule has 0 saturated heterocycles. The molecule has 1 fully saturated rings.